The van der Waals surface area contributed by atoms with Gasteiger partial charge in [-0.3, -0.25) is 10.1 Å². The van der Waals surface area contributed by atoms with E-state index in [-0.39, 0.29) is 10.6 Å². The Morgan fingerprint density at radius 3 is 2.22 bits per heavy atom. The lowest BCUT2D eigenvalue weighted by Crippen LogP contribution is -2.31. The van der Waals surface area contributed by atoms with Gasteiger partial charge in [0, 0.05) is 38.1 Å². The second-order valence-corrected chi connectivity index (χ2v) is 8.80. The first-order chi connectivity index (χ1) is 12.8. The molecule has 3 rings (SSSR count). The average molecular weight is 389 g/mol. The summed E-state index contributed by atoms with van der Waals surface area (Å²) in [6, 6.07) is 12.8. The molecule has 8 heteroatoms. The topological polar surface area (TPSA) is 83.8 Å². The van der Waals surface area contributed by atoms with E-state index in [1.165, 1.54) is 11.6 Å². The summed E-state index contributed by atoms with van der Waals surface area (Å²) in [5, 5.41) is 11.6. The molecule has 2 aromatic carbocycles. The van der Waals surface area contributed by atoms with E-state index in [0.717, 1.165) is 24.9 Å². The van der Waals surface area contributed by atoms with Crippen molar-refractivity contribution in [3.8, 4) is 0 Å². The third-order valence-electron chi connectivity index (χ3n) is 4.80. The molecule has 0 unspecified atom stereocenters. The number of nitro groups is 1. The predicted molar refractivity (Wildman–Crippen MR) is 106 cm³/mol. The van der Waals surface area contributed by atoms with E-state index in [1.54, 1.807) is 12.1 Å². The Bertz CT molecular complexity index is 942. The summed E-state index contributed by atoms with van der Waals surface area (Å²) >= 11 is 0. The first kappa shape index (κ1) is 19.2. The second kappa shape index (κ2) is 7.56. The molecule has 1 saturated heterocycles. The number of rotatable bonds is 4. The monoisotopic (exact) mass is 389 g/mol. The first-order valence-corrected chi connectivity index (χ1v) is 10.7. The van der Waals surface area contributed by atoms with Crippen LogP contribution < -0.4 is 9.80 Å². The first-order valence-electron chi connectivity index (χ1n) is 8.81. The number of hydrogen-bond acceptors (Lipinski definition) is 6. The summed E-state index contributed by atoms with van der Waals surface area (Å²) in [6.45, 7) is 4.82. The Morgan fingerprint density at radius 1 is 0.963 bits per heavy atom. The molecular formula is C19H23N3O4S. The maximum atomic E-state index is 12.0. The van der Waals surface area contributed by atoms with Gasteiger partial charge >= 0.3 is 5.69 Å². The van der Waals surface area contributed by atoms with Crippen LogP contribution in [0.15, 0.2) is 47.4 Å². The van der Waals surface area contributed by atoms with Crippen molar-refractivity contribution >= 4 is 26.9 Å². The highest BCUT2D eigenvalue weighted by Crippen LogP contribution is 2.35. The molecule has 0 spiro atoms. The van der Waals surface area contributed by atoms with Crippen molar-refractivity contribution in [2.24, 2.45) is 0 Å². The minimum absolute atomic E-state index is 0.232. The van der Waals surface area contributed by atoms with E-state index in [0.29, 0.717) is 25.3 Å². The van der Waals surface area contributed by atoms with Crippen LogP contribution in [0.3, 0.4) is 0 Å². The highest BCUT2D eigenvalue weighted by atomic mass is 32.2. The van der Waals surface area contributed by atoms with Crippen molar-refractivity contribution in [2.45, 2.75) is 18.2 Å². The summed E-state index contributed by atoms with van der Waals surface area (Å²) in [6.07, 6.45) is 1.83. The molecule has 2 aromatic rings. The smallest absolute Gasteiger partial charge is 0.311 e. The fourth-order valence-corrected chi connectivity index (χ4v) is 4.28. The number of benzene rings is 2. The van der Waals surface area contributed by atoms with Crippen LogP contribution in [-0.2, 0) is 9.84 Å². The highest BCUT2D eigenvalue weighted by Gasteiger charge is 2.29. The van der Waals surface area contributed by atoms with E-state index >= 15 is 0 Å². The molecule has 0 amide bonds. The lowest BCUT2D eigenvalue weighted by Gasteiger charge is -2.25. The zero-order valence-corrected chi connectivity index (χ0v) is 16.3. The van der Waals surface area contributed by atoms with Gasteiger partial charge in [-0.25, -0.2) is 8.42 Å². The molecule has 0 radical (unpaired) electrons. The lowest BCUT2D eigenvalue weighted by atomic mass is 10.2. The van der Waals surface area contributed by atoms with Gasteiger partial charge in [0.25, 0.3) is 0 Å². The van der Waals surface area contributed by atoms with Crippen LogP contribution in [-0.4, -0.2) is 45.8 Å². The van der Waals surface area contributed by atoms with Crippen molar-refractivity contribution < 1.29 is 13.3 Å². The molecular weight excluding hydrogens is 366 g/mol. The van der Waals surface area contributed by atoms with Gasteiger partial charge in [-0.15, -0.1) is 0 Å². The Hall–Kier alpha value is -2.61. The van der Waals surface area contributed by atoms with Gasteiger partial charge in [-0.2, -0.15) is 0 Å². The lowest BCUT2D eigenvalue weighted by molar-refractivity contribution is -0.387. The van der Waals surface area contributed by atoms with Crippen LogP contribution in [0.2, 0.25) is 0 Å². The van der Waals surface area contributed by atoms with Crippen molar-refractivity contribution in [3.05, 3.63) is 58.1 Å². The van der Waals surface area contributed by atoms with Gasteiger partial charge in [0.15, 0.2) is 9.84 Å². The van der Waals surface area contributed by atoms with Crippen molar-refractivity contribution in [2.75, 3.05) is 42.2 Å². The molecule has 1 aliphatic heterocycles. The molecule has 27 heavy (non-hydrogen) atoms. The van der Waals surface area contributed by atoms with E-state index < -0.39 is 14.8 Å². The molecule has 1 aliphatic rings. The second-order valence-electron chi connectivity index (χ2n) is 6.82. The summed E-state index contributed by atoms with van der Waals surface area (Å²) in [4.78, 5) is 15.0. The third-order valence-corrected chi connectivity index (χ3v) is 5.92. The Labute approximate surface area is 159 Å². The van der Waals surface area contributed by atoms with Crippen LogP contribution in [0, 0.1) is 17.0 Å². The normalized spacial score (nSPS) is 15.5. The van der Waals surface area contributed by atoms with E-state index in [1.807, 2.05) is 11.8 Å². The summed E-state index contributed by atoms with van der Waals surface area (Å²) < 4.78 is 24.0. The number of anilines is 2. The number of para-hydroxylation sites is 1. The standard InChI is InChI=1S/C19H23N3O4S/c1-15-7-9-16(10-8-15)20-11-4-12-21(14-13-20)17-5-3-6-18(27(2,25)26)19(17)22(23)24/h3,5-10H,4,11-14H2,1-2H3. The molecule has 7 nitrogen and oxygen atoms in total. The maximum Gasteiger partial charge on any atom is 0.311 e. The molecule has 0 bridgehead atoms. The van der Waals surface area contributed by atoms with Crippen molar-refractivity contribution in [3.63, 3.8) is 0 Å². The van der Waals surface area contributed by atoms with Crippen molar-refractivity contribution in [1.82, 2.24) is 0 Å². The zero-order chi connectivity index (χ0) is 19.6. The number of nitro benzene ring substituents is 1. The van der Waals surface area contributed by atoms with Gasteiger partial charge < -0.3 is 9.80 Å². The largest absolute Gasteiger partial charge is 0.370 e. The van der Waals surface area contributed by atoms with Gasteiger partial charge in [-0.1, -0.05) is 23.8 Å². The quantitative estimate of drug-likeness (QED) is 0.590. The van der Waals surface area contributed by atoms with Crippen LogP contribution >= 0.6 is 0 Å². The molecule has 0 saturated carbocycles. The van der Waals surface area contributed by atoms with Crippen LogP contribution in [0.25, 0.3) is 0 Å². The number of sulfone groups is 1. The number of hydrogen-bond donors (Lipinski definition) is 0. The fraction of sp³-hybridized carbons (Fsp3) is 0.368. The average Bonchev–Trinajstić information content (AvgIpc) is 2.87. The van der Waals surface area contributed by atoms with Gasteiger partial charge in [0.1, 0.15) is 10.6 Å². The molecule has 1 fully saturated rings. The predicted octanol–water partition coefficient (Wildman–Crippen LogP) is 3.02. The van der Waals surface area contributed by atoms with Gasteiger partial charge in [-0.05, 0) is 37.6 Å². The summed E-state index contributed by atoms with van der Waals surface area (Å²) in [7, 11) is -3.69. The molecule has 0 aliphatic carbocycles. The summed E-state index contributed by atoms with van der Waals surface area (Å²) in [5.74, 6) is 0. The van der Waals surface area contributed by atoms with Crippen LogP contribution in [0.1, 0.15) is 12.0 Å². The zero-order valence-electron chi connectivity index (χ0n) is 15.5. The van der Waals surface area contributed by atoms with Crippen molar-refractivity contribution in [1.29, 1.82) is 0 Å². The minimum Gasteiger partial charge on any atom is -0.370 e. The molecule has 144 valence electrons. The Balaban J connectivity index is 1.90. The number of nitrogens with zero attached hydrogens (tertiary/aromatic N) is 3. The Kier molecular flexibility index (Phi) is 5.36. The van der Waals surface area contributed by atoms with E-state index in [9.17, 15) is 18.5 Å². The molecule has 1 heterocycles. The SMILES string of the molecule is Cc1ccc(N2CCCN(c3cccc(S(C)(=O)=O)c3[N+](=O)[O-])CC2)cc1. The Morgan fingerprint density at radius 2 is 1.59 bits per heavy atom. The van der Waals surface area contributed by atoms with Crippen LogP contribution in [0.4, 0.5) is 17.1 Å². The highest BCUT2D eigenvalue weighted by molar-refractivity contribution is 7.90. The fourth-order valence-electron chi connectivity index (χ4n) is 3.42. The summed E-state index contributed by atoms with van der Waals surface area (Å²) in [5.41, 5.74) is 2.36. The maximum absolute atomic E-state index is 12.0. The molecule has 0 N–H and O–H groups in total. The minimum atomic E-state index is -3.69. The van der Waals surface area contributed by atoms with E-state index in [2.05, 4.69) is 29.2 Å². The van der Waals surface area contributed by atoms with E-state index in [4.69, 9.17) is 0 Å². The molecule has 0 atom stereocenters. The van der Waals surface area contributed by atoms with Gasteiger partial charge in [0.2, 0.25) is 0 Å². The number of aryl methyl sites for hydroxylation is 1. The van der Waals surface area contributed by atoms with Gasteiger partial charge in [0.05, 0.1) is 4.92 Å². The molecule has 0 aromatic heterocycles. The van der Waals surface area contributed by atoms with Crippen LogP contribution in [0.5, 0.6) is 0 Å². The third kappa shape index (κ3) is 4.21.